The Morgan fingerprint density at radius 2 is 2.03 bits per heavy atom. The van der Waals surface area contributed by atoms with Gasteiger partial charge in [0.2, 0.25) is 5.91 Å². The molecule has 35 heavy (non-hydrogen) atoms. The van der Waals surface area contributed by atoms with E-state index in [1.165, 1.54) is 0 Å². The van der Waals surface area contributed by atoms with E-state index in [-0.39, 0.29) is 12.2 Å². The molecule has 1 unspecified atom stereocenters. The molecule has 1 saturated carbocycles. The molecule has 0 spiro atoms. The van der Waals surface area contributed by atoms with Crippen LogP contribution in [0.3, 0.4) is 0 Å². The number of nitrogens with zero attached hydrogens (tertiary/aromatic N) is 5. The maximum atomic E-state index is 13.3. The Morgan fingerprint density at radius 3 is 2.69 bits per heavy atom. The van der Waals surface area contributed by atoms with Crippen LogP contribution in [0, 0.1) is 12.8 Å². The maximum absolute atomic E-state index is 13.3. The minimum absolute atomic E-state index is 0.230. The number of nitrogens with one attached hydrogen (secondary N) is 3. The van der Waals surface area contributed by atoms with Crippen molar-refractivity contribution in [2.24, 2.45) is 13.0 Å². The van der Waals surface area contributed by atoms with Gasteiger partial charge in [-0.2, -0.15) is 5.10 Å². The van der Waals surface area contributed by atoms with Gasteiger partial charge >= 0.3 is 0 Å². The Balaban J connectivity index is 1.55. The van der Waals surface area contributed by atoms with Crippen molar-refractivity contribution in [1.29, 1.82) is 0 Å². The van der Waals surface area contributed by atoms with Gasteiger partial charge in [-0.25, -0.2) is 18.6 Å². The third-order valence-electron chi connectivity index (χ3n) is 5.91. The highest BCUT2D eigenvalue weighted by Gasteiger charge is 2.43. The molecule has 3 heterocycles. The number of H-pyrrole nitrogens is 1. The number of pyridine rings is 1. The number of aromatic amines is 1. The summed E-state index contributed by atoms with van der Waals surface area (Å²) in [6.45, 7) is 1.81. The average Bonchev–Trinajstić information content (AvgIpc) is 3.19. The fourth-order valence-electron chi connectivity index (χ4n) is 3.85. The quantitative estimate of drug-likeness (QED) is 0.361. The number of imidazole rings is 1. The Kier molecular flexibility index (Phi) is 5.75. The molecule has 4 aromatic rings. The van der Waals surface area contributed by atoms with Crippen LogP contribution in [0.1, 0.15) is 12.2 Å². The van der Waals surface area contributed by atoms with Crippen LogP contribution < -0.4 is 14.9 Å². The monoisotopic (exact) mass is 496 g/mol. The lowest BCUT2D eigenvalue weighted by Crippen LogP contribution is -2.20. The molecule has 0 aliphatic heterocycles. The summed E-state index contributed by atoms with van der Waals surface area (Å²) in [6, 6.07) is 7.46. The SMILES string of the molecule is Cc1nc2nc(NC(=O)[C@@H]3C[C@@H]3F)cc(Nc3ccc(-c4cnn(C)c4)cc3N(C)S(C)=O)c2[nH]1. The van der Waals surface area contributed by atoms with Crippen molar-refractivity contribution in [3.63, 3.8) is 0 Å². The second-order valence-electron chi connectivity index (χ2n) is 8.60. The number of anilines is 4. The fraction of sp³-hybridized carbons (Fsp3) is 0.304. The van der Waals surface area contributed by atoms with E-state index in [4.69, 9.17) is 0 Å². The van der Waals surface area contributed by atoms with Crippen LogP contribution in [0.4, 0.5) is 27.3 Å². The number of hydrogen-bond donors (Lipinski definition) is 3. The van der Waals surface area contributed by atoms with E-state index in [0.717, 1.165) is 11.1 Å². The molecule has 10 nitrogen and oxygen atoms in total. The predicted molar refractivity (Wildman–Crippen MR) is 135 cm³/mol. The summed E-state index contributed by atoms with van der Waals surface area (Å²) in [5.74, 6) is -0.102. The summed E-state index contributed by atoms with van der Waals surface area (Å²) in [7, 11) is 2.32. The van der Waals surface area contributed by atoms with Crippen molar-refractivity contribution in [1.82, 2.24) is 24.7 Å². The van der Waals surface area contributed by atoms with Gasteiger partial charge in [-0.15, -0.1) is 0 Å². The molecule has 0 saturated heterocycles. The molecular formula is C23H25FN8O2S. The molecule has 12 heteroatoms. The van der Waals surface area contributed by atoms with Crippen LogP contribution in [0.2, 0.25) is 0 Å². The number of rotatable bonds is 7. The largest absolute Gasteiger partial charge is 0.352 e. The number of fused-ring (bicyclic) bond motifs is 1. The lowest BCUT2D eigenvalue weighted by Gasteiger charge is -2.21. The first-order valence-corrected chi connectivity index (χ1v) is 12.5. The number of carbonyl (C=O) groups excluding carboxylic acids is 1. The summed E-state index contributed by atoms with van der Waals surface area (Å²) in [4.78, 5) is 24.3. The van der Waals surface area contributed by atoms with E-state index < -0.39 is 29.0 Å². The second-order valence-corrected chi connectivity index (χ2v) is 10.00. The van der Waals surface area contributed by atoms with Crippen LogP contribution in [-0.2, 0) is 22.8 Å². The summed E-state index contributed by atoms with van der Waals surface area (Å²) >= 11 is 0. The van der Waals surface area contributed by atoms with Gasteiger partial charge in [0.15, 0.2) is 5.65 Å². The zero-order valence-corrected chi connectivity index (χ0v) is 20.5. The average molecular weight is 497 g/mol. The highest BCUT2D eigenvalue weighted by atomic mass is 32.2. The second kappa shape index (κ2) is 8.77. The maximum Gasteiger partial charge on any atom is 0.231 e. The normalized spacial score (nSPS) is 17.9. The molecule has 3 aromatic heterocycles. The van der Waals surface area contributed by atoms with E-state index in [9.17, 15) is 13.4 Å². The van der Waals surface area contributed by atoms with Crippen LogP contribution in [0.5, 0.6) is 0 Å². The van der Waals surface area contributed by atoms with E-state index in [1.807, 2.05) is 38.4 Å². The number of alkyl halides is 1. The highest BCUT2D eigenvalue weighted by Crippen LogP contribution is 2.37. The number of hydrogen-bond acceptors (Lipinski definition) is 6. The van der Waals surface area contributed by atoms with Gasteiger partial charge < -0.3 is 15.6 Å². The van der Waals surface area contributed by atoms with Crippen molar-refractivity contribution >= 4 is 50.9 Å². The molecule has 5 rings (SSSR count). The standard InChI is InChI=1S/C23H25FN8O2S/c1-12-26-21-18(9-20(29-22(21)27-12)30-23(33)15-8-16(15)24)28-17-6-5-13(14-10-25-31(2)11-14)7-19(17)32(3)35(4)34/h5-7,9-11,15-16H,8H2,1-4H3,(H3,26,27,28,29,30,33)/t15-,16+,35?/m1/s1. The molecule has 1 aliphatic rings. The molecule has 1 fully saturated rings. The lowest BCUT2D eigenvalue weighted by atomic mass is 10.1. The summed E-state index contributed by atoms with van der Waals surface area (Å²) < 4.78 is 29.1. The van der Waals surface area contributed by atoms with Crippen LogP contribution >= 0.6 is 0 Å². The zero-order chi connectivity index (χ0) is 24.9. The minimum Gasteiger partial charge on any atom is -0.352 e. The minimum atomic E-state index is -1.28. The van der Waals surface area contributed by atoms with Crippen LogP contribution in [-0.4, -0.2) is 54.3 Å². The van der Waals surface area contributed by atoms with E-state index in [0.29, 0.717) is 34.1 Å². The molecule has 3 atom stereocenters. The van der Waals surface area contributed by atoms with E-state index >= 15 is 0 Å². The molecular weight excluding hydrogens is 471 g/mol. The third kappa shape index (κ3) is 4.61. The molecule has 3 N–H and O–H groups in total. The highest BCUT2D eigenvalue weighted by molar-refractivity contribution is 7.85. The van der Waals surface area contributed by atoms with Gasteiger partial charge in [0, 0.05) is 38.2 Å². The number of aryl methyl sites for hydroxylation is 2. The van der Waals surface area contributed by atoms with Gasteiger partial charge in [-0.1, -0.05) is 6.07 Å². The number of carbonyl (C=O) groups is 1. The number of amides is 1. The fourth-order valence-corrected chi connectivity index (χ4v) is 4.28. The van der Waals surface area contributed by atoms with E-state index in [1.54, 1.807) is 34.6 Å². The van der Waals surface area contributed by atoms with Crippen molar-refractivity contribution < 1.29 is 13.4 Å². The van der Waals surface area contributed by atoms with Crippen molar-refractivity contribution in [2.45, 2.75) is 19.5 Å². The Bertz CT molecular complexity index is 1470. The smallest absolute Gasteiger partial charge is 0.231 e. The molecule has 1 aliphatic carbocycles. The first kappa shape index (κ1) is 23.0. The summed E-state index contributed by atoms with van der Waals surface area (Å²) in [5, 5.41) is 10.3. The van der Waals surface area contributed by atoms with Crippen LogP contribution in [0.25, 0.3) is 22.3 Å². The Hall–Kier alpha value is -3.80. The lowest BCUT2D eigenvalue weighted by molar-refractivity contribution is -0.117. The topological polar surface area (TPSA) is 121 Å². The third-order valence-corrected chi connectivity index (χ3v) is 6.88. The first-order valence-electron chi connectivity index (χ1n) is 11.0. The Morgan fingerprint density at radius 1 is 1.26 bits per heavy atom. The van der Waals surface area contributed by atoms with Crippen molar-refractivity contribution in [3.8, 4) is 11.1 Å². The molecule has 0 radical (unpaired) electrons. The van der Waals surface area contributed by atoms with Gasteiger partial charge in [0.25, 0.3) is 0 Å². The number of halogens is 1. The van der Waals surface area contributed by atoms with E-state index in [2.05, 4.69) is 30.7 Å². The van der Waals surface area contributed by atoms with Gasteiger partial charge in [0.1, 0.15) is 34.3 Å². The van der Waals surface area contributed by atoms with Gasteiger partial charge in [-0.3, -0.25) is 13.8 Å². The summed E-state index contributed by atoms with van der Waals surface area (Å²) in [5.41, 5.74) is 4.93. The molecule has 182 valence electrons. The van der Waals surface area contributed by atoms with Gasteiger partial charge in [0.05, 0.1) is 29.2 Å². The van der Waals surface area contributed by atoms with Crippen molar-refractivity contribution in [3.05, 3.63) is 42.5 Å². The first-order chi connectivity index (χ1) is 16.7. The Labute approximate surface area is 203 Å². The predicted octanol–water partition coefficient (Wildman–Crippen LogP) is 3.44. The summed E-state index contributed by atoms with van der Waals surface area (Å²) in [6.07, 6.45) is 4.41. The molecule has 1 amide bonds. The van der Waals surface area contributed by atoms with Gasteiger partial charge in [-0.05, 0) is 31.0 Å². The van der Waals surface area contributed by atoms with Crippen molar-refractivity contribution in [2.75, 3.05) is 28.2 Å². The molecule has 0 bridgehead atoms. The number of aromatic nitrogens is 5. The zero-order valence-electron chi connectivity index (χ0n) is 19.7. The molecule has 1 aromatic carbocycles. The number of benzene rings is 1. The van der Waals surface area contributed by atoms with Crippen LogP contribution in [0.15, 0.2) is 36.7 Å².